The van der Waals surface area contributed by atoms with Crippen LogP contribution in [0.1, 0.15) is 19.8 Å². The second kappa shape index (κ2) is 6.10. The lowest BCUT2D eigenvalue weighted by molar-refractivity contribution is 0.416. The molecule has 0 amide bonds. The summed E-state index contributed by atoms with van der Waals surface area (Å²) in [5, 5.41) is 0. The standard InChI is InChI=1S/C18H21N3O/c1-3-4-12-21-15-10-7-9-14(19)17(15)20-18(21)13-8-5-6-11-16(13)22-2/h5-11H,3-4,12,19H2,1-2H3. The number of aryl methyl sites for hydroxylation is 1. The minimum atomic E-state index is 0.712. The fraction of sp³-hybridized carbons (Fsp3) is 0.278. The Hall–Kier alpha value is -2.49. The molecular formula is C18H21N3O. The molecule has 114 valence electrons. The van der Waals surface area contributed by atoms with Crippen molar-refractivity contribution in [1.29, 1.82) is 0 Å². The first-order chi connectivity index (χ1) is 10.8. The van der Waals surface area contributed by atoms with Gasteiger partial charge in [0, 0.05) is 6.54 Å². The third-order valence-electron chi connectivity index (χ3n) is 3.89. The minimum absolute atomic E-state index is 0.712. The van der Waals surface area contributed by atoms with Crippen LogP contribution < -0.4 is 10.5 Å². The molecule has 0 spiro atoms. The number of aromatic nitrogens is 2. The van der Waals surface area contributed by atoms with Gasteiger partial charge in [0.25, 0.3) is 0 Å². The van der Waals surface area contributed by atoms with E-state index in [1.54, 1.807) is 7.11 Å². The predicted octanol–water partition coefficient (Wildman–Crippen LogP) is 4.09. The van der Waals surface area contributed by atoms with Gasteiger partial charge in [0.1, 0.15) is 17.1 Å². The summed E-state index contributed by atoms with van der Waals surface area (Å²) < 4.78 is 7.74. The van der Waals surface area contributed by atoms with E-state index in [0.717, 1.165) is 47.6 Å². The second-order valence-corrected chi connectivity index (χ2v) is 5.36. The van der Waals surface area contributed by atoms with Gasteiger partial charge in [-0.25, -0.2) is 4.98 Å². The van der Waals surface area contributed by atoms with Gasteiger partial charge in [-0.05, 0) is 30.7 Å². The van der Waals surface area contributed by atoms with Gasteiger partial charge in [-0.3, -0.25) is 0 Å². The Morgan fingerprint density at radius 1 is 1.14 bits per heavy atom. The highest BCUT2D eigenvalue weighted by Crippen LogP contribution is 2.33. The Kier molecular flexibility index (Phi) is 4.00. The first-order valence-corrected chi connectivity index (χ1v) is 7.64. The Morgan fingerprint density at radius 2 is 1.95 bits per heavy atom. The van der Waals surface area contributed by atoms with Crippen molar-refractivity contribution >= 4 is 16.7 Å². The van der Waals surface area contributed by atoms with E-state index in [9.17, 15) is 0 Å². The van der Waals surface area contributed by atoms with Crippen LogP contribution in [0.15, 0.2) is 42.5 Å². The molecule has 3 rings (SSSR count). The van der Waals surface area contributed by atoms with E-state index >= 15 is 0 Å². The van der Waals surface area contributed by atoms with Gasteiger partial charge in [-0.1, -0.05) is 31.5 Å². The number of unbranched alkanes of at least 4 members (excludes halogenated alkanes) is 1. The van der Waals surface area contributed by atoms with Crippen molar-refractivity contribution in [2.75, 3.05) is 12.8 Å². The number of benzene rings is 2. The highest BCUT2D eigenvalue weighted by molar-refractivity contribution is 5.90. The van der Waals surface area contributed by atoms with E-state index < -0.39 is 0 Å². The van der Waals surface area contributed by atoms with Gasteiger partial charge in [-0.2, -0.15) is 0 Å². The third-order valence-corrected chi connectivity index (χ3v) is 3.89. The van der Waals surface area contributed by atoms with Crippen LogP contribution in [0, 0.1) is 0 Å². The summed E-state index contributed by atoms with van der Waals surface area (Å²) in [7, 11) is 1.69. The van der Waals surface area contributed by atoms with Crippen LogP contribution in [0.3, 0.4) is 0 Å². The van der Waals surface area contributed by atoms with Gasteiger partial charge in [-0.15, -0.1) is 0 Å². The van der Waals surface area contributed by atoms with Crippen LogP contribution in [-0.2, 0) is 6.54 Å². The van der Waals surface area contributed by atoms with Gasteiger partial charge >= 0.3 is 0 Å². The Balaban J connectivity index is 2.25. The van der Waals surface area contributed by atoms with E-state index in [1.807, 2.05) is 36.4 Å². The number of fused-ring (bicyclic) bond motifs is 1. The highest BCUT2D eigenvalue weighted by atomic mass is 16.5. The average molecular weight is 295 g/mol. The van der Waals surface area contributed by atoms with Gasteiger partial charge < -0.3 is 15.0 Å². The largest absolute Gasteiger partial charge is 0.496 e. The zero-order valence-corrected chi connectivity index (χ0v) is 13.0. The van der Waals surface area contributed by atoms with Crippen LogP contribution in [0.4, 0.5) is 5.69 Å². The number of rotatable bonds is 5. The quantitative estimate of drug-likeness (QED) is 0.721. The number of hydrogen-bond donors (Lipinski definition) is 1. The molecule has 1 heterocycles. The van der Waals surface area contributed by atoms with Crippen molar-refractivity contribution in [3.05, 3.63) is 42.5 Å². The van der Waals surface area contributed by atoms with E-state index in [2.05, 4.69) is 17.6 Å². The average Bonchev–Trinajstić information content (AvgIpc) is 2.92. The lowest BCUT2D eigenvalue weighted by Crippen LogP contribution is -2.01. The molecule has 0 aliphatic heterocycles. The molecule has 0 unspecified atom stereocenters. The molecule has 2 N–H and O–H groups in total. The molecule has 4 nitrogen and oxygen atoms in total. The number of anilines is 1. The van der Waals surface area contributed by atoms with Crippen molar-refractivity contribution in [2.45, 2.75) is 26.3 Å². The molecule has 22 heavy (non-hydrogen) atoms. The highest BCUT2D eigenvalue weighted by Gasteiger charge is 2.16. The molecule has 0 aliphatic carbocycles. The van der Waals surface area contributed by atoms with Crippen LogP contribution in [0.25, 0.3) is 22.4 Å². The molecule has 4 heteroatoms. The normalized spacial score (nSPS) is 11.0. The number of nitrogens with two attached hydrogens (primary N) is 1. The number of nitrogens with zero attached hydrogens (tertiary/aromatic N) is 2. The first kappa shape index (κ1) is 14.4. The second-order valence-electron chi connectivity index (χ2n) is 5.36. The first-order valence-electron chi connectivity index (χ1n) is 7.64. The van der Waals surface area contributed by atoms with Crippen molar-refractivity contribution in [1.82, 2.24) is 9.55 Å². The maximum Gasteiger partial charge on any atom is 0.144 e. The zero-order chi connectivity index (χ0) is 15.5. The van der Waals surface area contributed by atoms with Crippen molar-refractivity contribution < 1.29 is 4.74 Å². The molecule has 0 saturated carbocycles. The summed E-state index contributed by atoms with van der Waals surface area (Å²) in [5.41, 5.74) is 9.76. The summed E-state index contributed by atoms with van der Waals surface area (Å²) in [6.07, 6.45) is 2.23. The van der Waals surface area contributed by atoms with E-state index in [-0.39, 0.29) is 0 Å². The smallest absolute Gasteiger partial charge is 0.144 e. The fourth-order valence-electron chi connectivity index (χ4n) is 2.75. The lowest BCUT2D eigenvalue weighted by atomic mass is 10.2. The van der Waals surface area contributed by atoms with Gasteiger partial charge in [0.15, 0.2) is 0 Å². The summed E-state index contributed by atoms with van der Waals surface area (Å²) in [5.74, 6) is 1.74. The van der Waals surface area contributed by atoms with E-state index in [0.29, 0.717) is 5.69 Å². The number of para-hydroxylation sites is 2. The molecule has 0 atom stereocenters. The summed E-state index contributed by atoms with van der Waals surface area (Å²) in [6.45, 7) is 3.11. The third kappa shape index (κ3) is 2.41. The Morgan fingerprint density at radius 3 is 2.73 bits per heavy atom. The predicted molar refractivity (Wildman–Crippen MR) is 91.0 cm³/mol. The molecule has 0 saturated heterocycles. The minimum Gasteiger partial charge on any atom is -0.496 e. The lowest BCUT2D eigenvalue weighted by Gasteiger charge is -2.11. The maximum atomic E-state index is 6.11. The monoisotopic (exact) mass is 295 g/mol. The molecular weight excluding hydrogens is 274 g/mol. The molecule has 0 fully saturated rings. The number of imidazole rings is 1. The fourth-order valence-corrected chi connectivity index (χ4v) is 2.75. The van der Waals surface area contributed by atoms with Gasteiger partial charge in [0.2, 0.25) is 0 Å². The molecule has 2 aromatic carbocycles. The molecule has 1 aromatic heterocycles. The summed E-state index contributed by atoms with van der Waals surface area (Å²) in [4.78, 5) is 4.80. The number of hydrogen-bond acceptors (Lipinski definition) is 3. The topological polar surface area (TPSA) is 53.1 Å². The van der Waals surface area contributed by atoms with Crippen molar-refractivity contribution in [2.24, 2.45) is 0 Å². The maximum absolute atomic E-state index is 6.11. The van der Waals surface area contributed by atoms with E-state index in [4.69, 9.17) is 15.5 Å². The Bertz CT molecular complexity index is 792. The van der Waals surface area contributed by atoms with E-state index in [1.165, 1.54) is 0 Å². The number of ether oxygens (including phenoxy) is 1. The van der Waals surface area contributed by atoms with Crippen molar-refractivity contribution in [3.63, 3.8) is 0 Å². The van der Waals surface area contributed by atoms with Gasteiger partial charge in [0.05, 0.1) is 23.9 Å². The van der Waals surface area contributed by atoms with Crippen molar-refractivity contribution in [3.8, 4) is 17.1 Å². The Labute approximate surface area is 130 Å². The van der Waals surface area contributed by atoms with Crippen LogP contribution in [-0.4, -0.2) is 16.7 Å². The zero-order valence-electron chi connectivity index (χ0n) is 13.0. The van der Waals surface area contributed by atoms with Crippen LogP contribution in [0.2, 0.25) is 0 Å². The molecule has 0 bridgehead atoms. The summed E-state index contributed by atoms with van der Waals surface area (Å²) in [6, 6.07) is 13.9. The number of methoxy groups -OCH3 is 1. The van der Waals surface area contributed by atoms with Crippen LogP contribution in [0.5, 0.6) is 5.75 Å². The SMILES string of the molecule is CCCCn1c(-c2ccccc2OC)nc2c(N)cccc21. The molecule has 0 radical (unpaired) electrons. The molecule has 3 aromatic rings. The molecule has 0 aliphatic rings. The number of nitrogen functional groups attached to an aromatic ring is 1. The summed E-state index contributed by atoms with van der Waals surface area (Å²) >= 11 is 0. The van der Waals surface area contributed by atoms with Crippen LogP contribution >= 0.6 is 0 Å².